The smallest absolute Gasteiger partial charge is 0.473 e. The van der Waals surface area contributed by atoms with Gasteiger partial charge in [-0.05, 0) is 18.6 Å². The molecule has 3 nitrogen and oxygen atoms in total. The molecular weight excluding hydrogens is 119 g/mol. The van der Waals surface area contributed by atoms with E-state index in [0.717, 1.165) is 5.56 Å². The van der Waals surface area contributed by atoms with Crippen molar-refractivity contribution in [3.63, 3.8) is 0 Å². The van der Waals surface area contributed by atoms with Gasteiger partial charge in [-0.1, -0.05) is 0 Å². The molecule has 9 heavy (non-hydrogen) atoms. The van der Waals surface area contributed by atoms with E-state index < -0.39 is 7.12 Å². The highest BCUT2D eigenvalue weighted by atomic mass is 16.4. The van der Waals surface area contributed by atoms with Crippen molar-refractivity contribution in [3.05, 3.63) is 17.9 Å². The van der Waals surface area contributed by atoms with Crippen LogP contribution < -0.4 is 5.66 Å². The van der Waals surface area contributed by atoms with Crippen molar-refractivity contribution in [2.75, 3.05) is 0 Å². The molecule has 0 bridgehead atoms. The fourth-order valence-electron chi connectivity index (χ4n) is 0.649. The molecule has 0 atom stereocenters. The van der Waals surface area contributed by atoms with Gasteiger partial charge < -0.3 is 14.5 Å². The lowest BCUT2D eigenvalue weighted by Crippen LogP contribution is -2.30. The Morgan fingerprint density at radius 1 is 1.56 bits per heavy atom. The van der Waals surface area contributed by atoms with E-state index in [1.165, 1.54) is 6.26 Å². The van der Waals surface area contributed by atoms with Gasteiger partial charge in [-0.15, -0.1) is 0 Å². The van der Waals surface area contributed by atoms with Crippen molar-refractivity contribution in [1.82, 2.24) is 0 Å². The first-order valence-electron chi connectivity index (χ1n) is 2.62. The van der Waals surface area contributed by atoms with Crippen LogP contribution in [0.3, 0.4) is 0 Å². The van der Waals surface area contributed by atoms with Crippen molar-refractivity contribution in [1.29, 1.82) is 0 Å². The second-order valence-electron chi connectivity index (χ2n) is 1.84. The average molecular weight is 126 g/mol. The Bertz CT molecular complexity index is 194. The van der Waals surface area contributed by atoms with Crippen LogP contribution in [0.4, 0.5) is 0 Å². The van der Waals surface area contributed by atoms with Gasteiger partial charge >= 0.3 is 7.12 Å². The molecule has 0 aliphatic rings. The molecular formula is C5H7BO3. The highest BCUT2D eigenvalue weighted by molar-refractivity contribution is 6.57. The van der Waals surface area contributed by atoms with Crippen molar-refractivity contribution in [2.45, 2.75) is 6.92 Å². The van der Waals surface area contributed by atoms with E-state index in [-0.39, 0.29) is 5.66 Å². The van der Waals surface area contributed by atoms with Crippen LogP contribution in [-0.2, 0) is 0 Å². The summed E-state index contributed by atoms with van der Waals surface area (Å²) in [4.78, 5) is 0. The first-order chi connectivity index (χ1) is 4.22. The topological polar surface area (TPSA) is 53.6 Å². The van der Waals surface area contributed by atoms with E-state index in [9.17, 15) is 0 Å². The molecule has 1 heterocycles. The van der Waals surface area contributed by atoms with Gasteiger partial charge in [-0.2, -0.15) is 0 Å². The Labute approximate surface area is 53.1 Å². The molecule has 1 rings (SSSR count). The third-order valence-electron chi connectivity index (χ3n) is 1.14. The van der Waals surface area contributed by atoms with Crippen molar-refractivity contribution < 1.29 is 14.5 Å². The fourth-order valence-corrected chi connectivity index (χ4v) is 0.649. The molecule has 1 aromatic rings. The van der Waals surface area contributed by atoms with E-state index in [4.69, 9.17) is 14.5 Å². The average Bonchev–Trinajstić information content (AvgIpc) is 2.13. The summed E-state index contributed by atoms with van der Waals surface area (Å²) < 4.78 is 4.73. The molecule has 2 N–H and O–H groups in total. The number of hydrogen-bond acceptors (Lipinski definition) is 3. The van der Waals surface area contributed by atoms with Crippen LogP contribution in [0.2, 0.25) is 0 Å². The van der Waals surface area contributed by atoms with E-state index in [2.05, 4.69) is 0 Å². The van der Waals surface area contributed by atoms with Gasteiger partial charge in [0.2, 0.25) is 0 Å². The highest BCUT2D eigenvalue weighted by Gasteiger charge is 2.16. The SMILES string of the molecule is Cc1ccoc1B(O)O. The third kappa shape index (κ3) is 1.14. The Morgan fingerprint density at radius 2 is 2.22 bits per heavy atom. The normalized spacial score (nSPS) is 9.67. The van der Waals surface area contributed by atoms with Crippen molar-refractivity contribution >= 4 is 12.8 Å². The number of furan rings is 1. The van der Waals surface area contributed by atoms with E-state index in [1.807, 2.05) is 0 Å². The third-order valence-corrected chi connectivity index (χ3v) is 1.14. The van der Waals surface area contributed by atoms with Crippen LogP contribution in [0.15, 0.2) is 16.7 Å². The van der Waals surface area contributed by atoms with Gasteiger partial charge in [-0.25, -0.2) is 0 Å². The van der Waals surface area contributed by atoms with Crippen LogP contribution in [0.25, 0.3) is 0 Å². The summed E-state index contributed by atoms with van der Waals surface area (Å²) in [5.74, 6) is 0. The lowest BCUT2D eigenvalue weighted by atomic mass is 9.85. The summed E-state index contributed by atoms with van der Waals surface area (Å²) in [6.07, 6.45) is 1.42. The zero-order valence-electron chi connectivity index (χ0n) is 5.03. The van der Waals surface area contributed by atoms with Gasteiger partial charge in [0.15, 0.2) is 0 Å². The van der Waals surface area contributed by atoms with Gasteiger partial charge in [0, 0.05) is 0 Å². The van der Waals surface area contributed by atoms with Gasteiger partial charge in [0.05, 0.1) is 6.26 Å². The second-order valence-corrected chi connectivity index (χ2v) is 1.84. The van der Waals surface area contributed by atoms with Crippen LogP contribution in [0.5, 0.6) is 0 Å². The maximum atomic E-state index is 8.56. The molecule has 1 aromatic heterocycles. The predicted octanol–water partition coefficient (Wildman–Crippen LogP) is -0.732. The lowest BCUT2D eigenvalue weighted by molar-refractivity contribution is 0.409. The second kappa shape index (κ2) is 2.25. The van der Waals surface area contributed by atoms with Crippen LogP contribution >= 0.6 is 0 Å². The quantitative estimate of drug-likeness (QED) is 0.487. The minimum absolute atomic E-state index is 0.218. The zero-order chi connectivity index (χ0) is 6.85. The first kappa shape index (κ1) is 6.39. The van der Waals surface area contributed by atoms with Gasteiger partial charge in [0.25, 0.3) is 0 Å². The highest BCUT2D eigenvalue weighted by Crippen LogP contribution is 1.93. The molecule has 0 saturated heterocycles. The monoisotopic (exact) mass is 126 g/mol. The molecule has 0 aliphatic heterocycles. The van der Waals surface area contributed by atoms with Crippen LogP contribution in [0, 0.1) is 6.92 Å². The van der Waals surface area contributed by atoms with Gasteiger partial charge in [-0.3, -0.25) is 0 Å². The minimum atomic E-state index is -1.49. The molecule has 0 aliphatic carbocycles. The largest absolute Gasteiger partial charge is 0.526 e. The van der Waals surface area contributed by atoms with Crippen molar-refractivity contribution in [3.8, 4) is 0 Å². The van der Waals surface area contributed by atoms with E-state index in [0.29, 0.717) is 0 Å². The van der Waals surface area contributed by atoms with E-state index in [1.54, 1.807) is 13.0 Å². The summed E-state index contributed by atoms with van der Waals surface area (Å²) >= 11 is 0. The number of hydrogen-bond donors (Lipinski definition) is 2. The standard InChI is InChI=1S/C5H7BO3/c1-4-2-3-9-5(4)6(7)8/h2-3,7-8H,1H3. The summed E-state index contributed by atoms with van der Waals surface area (Å²) in [6.45, 7) is 1.75. The van der Waals surface area contributed by atoms with E-state index >= 15 is 0 Å². The predicted molar refractivity (Wildman–Crippen MR) is 33.3 cm³/mol. The summed E-state index contributed by atoms with van der Waals surface area (Å²) in [7, 11) is -1.49. The summed E-state index contributed by atoms with van der Waals surface area (Å²) in [5, 5.41) is 17.1. The molecule has 0 aromatic carbocycles. The van der Waals surface area contributed by atoms with Gasteiger partial charge in [0.1, 0.15) is 5.66 Å². The molecule has 0 saturated carbocycles. The number of rotatable bonds is 1. The summed E-state index contributed by atoms with van der Waals surface area (Å²) in [5.41, 5.74) is 0.972. The number of aryl methyl sites for hydroxylation is 1. The fraction of sp³-hybridized carbons (Fsp3) is 0.200. The molecule has 0 radical (unpaired) electrons. The van der Waals surface area contributed by atoms with Crippen molar-refractivity contribution in [2.24, 2.45) is 0 Å². The first-order valence-corrected chi connectivity index (χ1v) is 2.62. The molecule has 48 valence electrons. The minimum Gasteiger partial charge on any atom is -0.473 e. The molecule has 0 unspecified atom stereocenters. The zero-order valence-corrected chi connectivity index (χ0v) is 5.03. The maximum absolute atomic E-state index is 8.56. The Hall–Kier alpha value is -0.735. The summed E-state index contributed by atoms with van der Waals surface area (Å²) in [6, 6.07) is 1.68. The maximum Gasteiger partial charge on any atom is 0.526 e. The molecule has 0 spiro atoms. The molecule has 0 fully saturated rings. The lowest BCUT2D eigenvalue weighted by Gasteiger charge is -1.91. The Morgan fingerprint density at radius 3 is 2.44 bits per heavy atom. The Balaban J connectivity index is 2.94. The van der Waals surface area contributed by atoms with Crippen LogP contribution in [0.1, 0.15) is 5.56 Å². The molecule has 4 heteroatoms. The van der Waals surface area contributed by atoms with Crippen LogP contribution in [-0.4, -0.2) is 17.2 Å². The Kier molecular flexibility index (Phi) is 1.59. The molecule has 0 amide bonds.